The Bertz CT molecular complexity index is 541. The number of nitrogens with zero attached hydrogens (tertiary/aromatic N) is 1. The van der Waals surface area contributed by atoms with Crippen molar-refractivity contribution in [3.63, 3.8) is 0 Å². The van der Waals surface area contributed by atoms with Crippen LogP contribution in [0.1, 0.15) is 41.3 Å². The van der Waals surface area contributed by atoms with E-state index < -0.39 is 6.10 Å². The smallest absolute Gasteiger partial charge is 0.253 e. The van der Waals surface area contributed by atoms with Crippen molar-refractivity contribution in [3.05, 3.63) is 34.9 Å². The molecule has 0 saturated heterocycles. The van der Waals surface area contributed by atoms with Gasteiger partial charge in [-0.1, -0.05) is 17.9 Å². The van der Waals surface area contributed by atoms with E-state index in [4.69, 9.17) is 5.11 Å². The third kappa shape index (κ3) is 5.58. The average molecular weight is 289 g/mol. The number of aliphatic hydroxyl groups excluding tert-OH is 2. The van der Waals surface area contributed by atoms with Crippen LogP contribution in [0.25, 0.3) is 0 Å². The van der Waals surface area contributed by atoms with Gasteiger partial charge in [0.1, 0.15) is 0 Å². The van der Waals surface area contributed by atoms with E-state index in [1.807, 2.05) is 13.0 Å². The van der Waals surface area contributed by atoms with Crippen LogP contribution < -0.4 is 0 Å². The van der Waals surface area contributed by atoms with Crippen LogP contribution in [-0.2, 0) is 0 Å². The number of benzene rings is 1. The largest absolute Gasteiger partial charge is 0.395 e. The molecule has 0 saturated carbocycles. The molecule has 2 N–H and O–H groups in total. The number of carbonyl (C=O) groups excluding carboxylic acids is 1. The monoisotopic (exact) mass is 289 g/mol. The van der Waals surface area contributed by atoms with Gasteiger partial charge in [0.05, 0.1) is 12.7 Å². The van der Waals surface area contributed by atoms with Gasteiger partial charge >= 0.3 is 0 Å². The molecule has 1 amide bonds. The van der Waals surface area contributed by atoms with Crippen molar-refractivity contribution in [2.75, 3.05) is 20.2 Å². The molecule has 0 fully saturated rings. The van der Waals surface area contributed by atoms with Crippen LogP contribution in [0, 0.1) is 18.8 Å². The molecule has 1 unspecified atom stereocenters. The van der Waals surface area contributed by atoms with Gasteiger partial charge < -0.3 is 15.1 Å². The summed E-state index contributed by atoms with van der Waals surface area (Å²) in [4.78, 5) is 13.9. The van der Waals surface area contributed by atoms with E-state index in [1.54, 1.807) is 31.0 Å². The minimum Gasteiger partial charge on any atom is -0.395 e. The molecule has 21 heavy (non-hydrogen) atoms. The Morgan fingerprint density at radius 3 is 2.76 bits per heavy atom. The highest BCUT2D eigenvalue weighted by Crippen LogP contribution is 2.12. The van der Waals surface area contributed by atoms with Crippen molar-refractivity contribution in [2.45, 2.75) is 32.8 Å². The van der Waals surface area contributed by atoms with E-state index in [0.29, 0.717) is 24.9 Å². The van der Waals surface area contributed by atoms with Crippen LogP contribution >= 0.6 is 0 Å². The fraction of sp³-hybridized carbons (Fsp3) is 0.471. The predicted molar refractivity (Wildman–Crippen MR) is 83.0 cm³/mol. The molecule has 0 aliphatic heterocycles. The van der Waals surface area contributed by atoms with Gasteiger partial charge in [-0.25, -0.2) is 0 Å². The lowest BCUT2D eigenvalue weighted by molar-refractivity contribution is 0.0769. The molecule has 114 valence electrons. The lowest BCUT2D eigenvalue weighted by Gasteiger charge is -2.18. The number of carbonyl (C=O) groups is 1. The minimum atomic E-state index is -0.418. The van der Waals surface area contributed by atoms with Crippen molar-refractivity contribution in [3.8, 4) is 11.8 Å². The Labute approximate surface area is 126 Å². The van der Waals surface area contributed by atoms with Gasteiger partial charge in [-0.3, -0.25) is 4.79 Å². The summed E-state index contributed by atoms with van der Waals surface area (Å²) in [6.45, 7) is 4.19. The zero-order valence-corrected chi connectivity index (χ0v) is 12.9. The van der Waals surface area contributed by atoms with Crippen molar-refractivity contribution < 1.29 is 15.0 Å². The van der Waals surface area contributed by atoms with Crippen LogP contribution in [0.2, 0.25) is 0 Å². The molecule has 4 heteroatoms. The molecule has 0 spiro atoms. The Morgan fingerprint density at radius 1 is 1.43 bits per heavy atom. The number of hydrogen-bond acceptors (Lipinski definition) is 3. The van der Waals surface area contributed by atoms with E-state index in [0.717, 1.165) is 11.1 Å². The molecule has 0 aliphatic rings. The molecule has 1 aromatic rings. The Morgan fingerprint density at radius 2 is 2.14 bits per heavy atom. The molecule has 0 aromatic heterocycles. The molecular weight excluding hydrogens is 266 g/mol. The third-order valence-corrected chi connectivity index (χ3v) is 3.17. The highest BCUT2D eigenvalue weighted by atomic mass is 16.3. The van der Waals surface area contributed by atoms with Crippen molar-refractivity contribution >= 4 is 5.91 Å². The number of aliphatic hydroxyl groups is 2. The molecule has 1 rings (SSSR count). The van der Waals surface area contributed by atoms with E-state index in [2.05, 4.69) is 11.8 Å². The topological polar surface area (TPSA) is 60.8 Å². The first-order valence-electron chi connectivity index (χ1n) is 7.09. The summed E-state index contributed by atoms with van der Waals surface area (Å²) in [7, 11) is 1.72. The second kappa shape index (κ2) is 8.46. The first kappa shape index (κ1) is 17.2. The van der Waals surface area contributed by atoms with Crippen LogP contribution in [0.3, 0.4) is 0 Å². The molecule has 0 aliphatic carbocycles. The van der Waals surface area contributed by atoms with Gasteiger partial charge in [0.15, 0.2) is 0 Å². The van der Waals surface area contributed by atoms with Gasteiger partial charge in [0.2, 0.25) is 0 Å². The van der Waals surface area contributed by atoms with Crippen LogP contribution in [0.15, 0.2) is 18.2 Å². The fourth-order valence-electron chi connectivity index (χ4n) is 1.81. The second-order valence-electron chi connectivity index (χ2n) is 5.17. The lowest BCUT2D eigenvalue weighted by Crippen LogP contribution is -2.29. The Kier molecular flexibility index (Phi) is 6.93. The summed E-state index contributed by atoms with van der Waals surface area (Å²) in [6.07, 6.45) is 0.557. The molecule has 0 bridgehead atoms. The molecule has 1 aromatic carbocycles. The number of aryl methyl sites for hydroxylation is 1. The highest BCUT2D eigenvalue weighted by molar-refractivity contribution is 5.94. The SMILES string of the molecule is Cc1ccc(C(=O)N(C)CCC(C)O)cc1C#CCCO. The Balaban J connectivity index is 2.86. The van der Waals surface area contributed by atoms with E-state index in [-0.39, 0.29) is 12.5 Å². The van der Waals surface area contributed by atoms with E-state index in [1.165, 1.54) is 0 Å². The van der Waals surface area contributed by atoms with Gasteiger partial charge in [-0.05, 0) is 38.0 Å². The Hall–Kier alpha value is -1.83. The summed E-state index contributed by atoms with van der Waals surface area (Å²) in [6, 6.07) is 5.44. The van der Waals surface area contributed by atoms with Crippen LogP contribution in [-0.4, -0.2) is 47.3 Å². The maximum Gasteiger partial charge on any atom is 0.253 e. The maximum absolute atomic E-state index is 12.3. The van der Waals surface area contributed by atoms with Gasteiger partial charge in [-0.15, -0.1) is 0 Å². The first-order valence-corrected chi connectivity index (χ1v) is 7.09. The van der Waals surface area contributed by atoms with Gasteiger partial charge in [0.25, 0.3) is 5.91 Å². The van der Waals surface area contributed by atoms with E-state index in [9.17, 15) is 9.90 Å². The molecule has 4 nitrogen and oxygen atoms in total. The average Bonchev–Trinajstić information content (AvgIpc) is 2.46. The predicted octanol–water partition coefficient (Wildman–Crippen LogP) is 1.57. The highest BCUT2D eigenvalue weighted by Gasteiger charge is 2.13. The normalized spacial score (nSPS) is 11.5. The van der Waals surface area contributed by atoms with E-state index >= 15 is 0 Å². The van der Waals surface area contributed by atoms with Gasteiger partial charge in [-0.2, -0.15) is 0 Å². The van der Waals surface area contributed by atoms with Gasteiger partial charge in [0, 0.05) is 31.1 Å². The molecule has 1 atom stereocenters. The van der Waals surface area contributed by atoms with Crippen molar-refractivity contribution in [1.29, 1.82) is 0 Å². The lowest BCUT2D eigenvalue weighted by atomic mass is 10.0. The number of amides is 1. The first-order chi connectivity index (χ1) is 9.95. The second-order valence-corrected chi connectivity index (χ2v) is 5.17. The number of hydrogen-bond donors (Lipinski definition) is 2. The summed E-state index contributed by atoms with van der Waals surface area (Å²) in [5, 5.41) is 18.0. The summed E-state index contributed by atoms with van der Waals surface area (Å²) < 4.78 is 0. The zero-order valence-electron chi connectivity index (χ0n) is 12.9. The summed E-state index contributed by atoms with van der Waals surface area (Å²) in [5.41, 5.74) is 2.39. The fourth-order valence-corrected chi connectivity index (χ4v) is 1.81. The van der Waals surface area contributed by atoms with Crippen molar-refractivity contribution in [1.82, 2.24) is 4.90 Å². The van der Waals surface area contributed by atoms with Crippen LogP contribution in [0.5, 0.6) is 0 Å². The molecular formula is C17H23NO3. The molecule has 0 radical (unpaired) electrons. The quantitative estimate of drug-likeness (QED) is 0.809. The number of rotatable bonds is 5. The maximum atomic E-state index is 12.3. The van der Waals surface area contributed by atoms with Crippen molar-refractivity contribution in [2.24, 2.45) is 0 Å². The van der Waals surface area contributed by atoms with Crippen LogP contribution in [0.4, 0.5) is 0 Å². The zero-order chi connectivity index (χ0) is 15.8. The summed E-state index contributed by atoms with van der Waals surface area (Å²) >= 11 is 0. The summed E-state index contributed by atoms with van der Waals surface area (Å²) in [5.74, 6) is 5.76. The standard InChI is InChI=1S/C17H23NO3/c1-13-7-8-16(12-15(13)6-4-5-11-19)17(21)18(3)10-9-14(2)20/h7-8,12,14,19-20H,5,9-11H2,1-3H3. The minimum absolute atomic E-state index is 0.0345. The third-order valence-electron chi connectivity index (χ3n) is 3.17. The molecule has 0 heterocycles.